The van der Waals surface area contributed by atoms with Gasteiger partial charge in [0.05, 0.1) is 5.52 Å². The lowest BCUT2D eigenvalue weighted by molar-refractivity contribution is 0.669. The first-order chi connectivity index (χ1) is 26.3. The number of aromatic nitrogens is 4. The van der Waals surface area contributed by atoms with E-state index in [1.165, 1.54) is 16.2 Å². The van der Waals surface area contributed by atoms with Gasteiger partial charge < -0.3 is 4.42 Å². The number of nitrogens with zero attached hydrogens (tertiary/aromatic N) is 4. The fraction of sp³-hybridized carbons (Fsp3) is 0. The van der Waals surface area contributed by atoms with Crippen LogP contribution >= 0.6 is 0 Å². The summed E-state index contributed by atoms with van der Waals surface area (Å²) in [6.07, 6.45) is 1.96. The van der Waals surface area contributed by atoms with Gasteiger partial charge in [-0.3, -0.25) is 4.98 Å². The number of benzene rings is 8. The Morgan fingerprint density at radius 3 is 1.89 bits per heavy atom. The van der Waals surface area contributed by atoms with Gasteiger partial charge in [0.1, 0.15) is 11.2 Å². The molecule has 0 unspecified atom stereocenters. The van der Waals surface area contributed by atoms with Crippen LogP contribution in [0.3, 0.4) is 0 Å². The molecule has 5 nitrogen and oxygen atoms in total. The molecule has 0 spiro atoms. The van der Waals surface area contributed by atoms with Crippen molar-refractivity contribution in [2.45, 2.75) is 0 Å². The molecule has 0 saturated carbocycles. The maximum absolute atomic E-state index is 6.32. The van der Waals surface area contributed by atoms with Gasteiger partial charge in [0.25, 0.3) is 0 Å². The van der Waals surface area contributed by atoms with E-state index in [-0.39, 0.29) is 0 Å². The topological polar surface area (TPSA) is 64.7 Å². The summed E-state index contributed by atoms with van der Waals surface area (Å²) in [5.41, 5.74) is 7.43. The van der Waals surface area contributed by atoms with Gasteiger partial charge in [0.15, 0.2) is 17.5 Å². The molecule has 3 heterocycles. The molecule has 0 amide bonds. The van der Waals surface area contributed by atoms with E-state index in [4.69, 9.17) is 24.4 Å². The number of furan rings is 1. The third-order valence-electron chi connectivity index (χ3n) is 10.3. The Bertz CT molecular complexity index is 3240. The summed E-state index contributed by atoms with van der Waals surface area (Å²) in [5.74, 6) is 1.77. The minimum Gasteiger partial charge on any atom is -0.456 e. The molecule has 0 atom stereocenters. The van der Waals surface area contributed by atoms with E-state index in [0.717, 1.165) is 76.8 Å². The quantitative estimate of drug-likeness (QED) is 0.174. The second kappa shape index (κ2) is 11.7. The van der Waals surface area contributed by atoms with Crippen molar-refractivity contribution in [3.05, 3.63) is 170 Å². The van der Waals surface area contributed by atoms with Crippen molar-refractivity contribution in [2.75, 3.05) is 0 Å². The van der Waals surface area contributed by atoms with E-state index in [1.54, 1.807) is 0 Å². The number of rotatable bonds is 4. The second-order valence-corrected chi connectivity index (χ2v) is 13.4. The fourth-order valence-corrected chi connectivity index (χ4v) is 7.90. The Balaban J connectivity index is 1.18. The fourth-order valence-electron chi connectivity index (χ4n) is 7.90. The first kappa shape index (κ1) is 29.5. The highest BCUT2D eigenvalue weighted by molar-refractivity contribution is 6.21. The molecule has 8 aromatic carbocycles. The van der Waals surface area contributed by atoms with Crippen LogP contribution in [0.1, 0.15) is 0 Å². The van der Waals surface area contributed by atoms with Gasteiger partial charge in [-0.05, 0) is 63.0 Å². The molecular formula is C48H28N4O. The predicted octanol–water partition coefficient (Wildman–Crippen LogP) is 12.4. The molecule has 3 aromatic heterocycles. The molecule has 0 aliphatic rings. The molecule has 0 aliphatic heterocycles. The van der Waals surface area contributed by atoms with Crippen LogP contribution in [0.15, 0.2) is 174 Å². The largest absolute Gasteiger partial charge is 0.456 e. The predicted molar refractivity (Wildman–Crippen MR) is 217 cm³/mol. The summed E-state index contributed by atoms with van der Waals surface area (Å²) in [5, 5.41) is 10.1. The summed E-state index contributed by atoms with van der Waals surface area (Å²) in [4.78, 5) is 20.6. The molecule has 0 N–H and O–H groups in total. The van der Waals surface area contributed by atoms with Gasteiger partial charge in [-0.1, -0.05) is 133 Å². The highest BCUT2D eigenvalue weighted by Crippen LogP contribution is 2.41. The van der Waals surface area contributed by atoms with Crippen molar-refractivity contribution in [3.8, 4) is 45.3 Å². The lowest BCUT2D eigenvalue weighted by Crippen LogP contribution is -2.01. The van der Waals surface area contributed by atoms with Gasteiger partial charge in [-0.2, -0.15) is 0 Å². The maximum Gasteiger partial charge on any atom is 0.166 e. The van der Waals surface area contributed by atoms with Crippen LogP contribution in [0.4, 0.5) is 0 Å². The molecule has 0 aliphatic carbocycles. The van der Waals surface area contributed by atoms with Gasteiger partial charge >= 0.3 is 0 Å². The third kappa shape index (κ3) is 4.71. The Morgan fingerprint density at radius 1 is 0.358 bits per heavy atom. The number of pyridine rings is 1. The Morgan fingerprint density at radius 2 is 1.00 bits per heavy atom. The van der Waals surface area contributed by atoms with Gasteiger partial charge in [0.2, 0.25) is 0 Å². The van der Waals surface area contributed by atoms with Crippen molar-refractivity contribution in [3.63, 3.8) is 0 Å². The zero-order valence-electron chi connectivity index (χ0n) is 28.4. The second-order valence-electron chi connectivity index (χ2n) is 13.4. The zero-order chi connectivity index (χ0) is 34.9. The lowest BCUT2D eigenvalue weighted by Gasteiger charge is -2.14. The molecule has 0 radical (unpaired) electrons. The summed E-state index contributed by atoms with van der Waals surface area (Å²) in [6, 6.07) is 56.7. The van der Waals surface area contributed by atoms with E-state index < -0.39 is 0 Å². The maximum atomic E-state index is 6.32. The molecule has 11 rings (SSSR count). The smallest absolute Gasteiger partial charge is 0.166 e. The average molecular weight is 677 g/mol. The van der Waals surface area contributed by atoms with Crippen molar-refractivity contribution in [1.29, 1.82) is 0 Å². The normalized spacial score (nSPS) is 11.8. The van der Waals surface area contributed by atoms with E-state index in [9.17, 15) is 0 Å². The van der Waals surface area contributed by atoms with Crippen LogP contribution in [0, 0.1) is 0 Å². The Labute approximate surface area is 303 Å². The van der Waals surface area contributed by atoms with Crippen molar-refractivity contribution < 1.29 is 4.42 Å². The van der Waals surface area contributed by atoms with Gasteiger partial charge in [0, 0.05) is 49.8 Å². The molecule has 0 fully saturated rings. The standard InChI is InChI=1S/C48H28N4O/c1-2-13-30(14-3-1)46-50-47(52-48(51-46)39-21-10-20-38-43-32(28-49-45(38)39)25-24-29-12-4-7-17-35(29)43)33-26-31-15-5-6-16-34(31)40(27-33)36-19-11-23-42-44(36)37-18-8-9-22-41(37)53-42/h1-28H. The molecule has 11 aromatic rings. The monoisotopic (exact) mass is 676 g/mol. The summed E-state index contributed by atoms with van der Waals surface area (Å²) in [6.45, 7) is 0. The molecule has 53 heavy (non-hydrogen) atoms. The lowest BCUT2D eigenvalue weighted by atomic mass is 9.92. The molecule has 246 valence electrons. The third-order valence-corrected chi connectivity index (χ3v) is 10.3. The SMILES string of the molecule is c1ccc(-c2nc(-c3cc(-c4cccc5oc6ccccc6c45)c4ccccc4c3)nc(-c3cccc4c3ncc3ccc5ccccc5c34)n2)cc1. The summed E-state index contributed by atoms with van der Waals surface area (Å²) < 4.78 is 6.32. The van der Waals surface area contributed by atoms with Crippen LogP contribution in [-0.4, -0.2) is 19.9 Å². The molecular weight excluding hydrogens is 649 g/mol. The van der Waals surface area contributed by atoms with Crippen LogP contribution in [0.5, 0.6) is 0 Å². The average Bonchev–Trinajstić information content (AvgIpc) is 3.62. The first-order valence-corrected chi connectivity index (χ1v) is 17.7. The Hall–Kier alpha value is -7.24. The van der Waals surface area contributed by atoms with Crippen molar-refractivity contribution >= 4 is 65.2 Å². The van der Waals surface area contributed by atoms with Gasteiger partial charge in [-0.15, -0.1) is 0 Å². The number of hydrogen-bond donors (Lipinski definition) is 0. The van der Waals surface area contributed by atoms with Crippen LogP contribution in [0.25, 0.3) is 110 Å². The number of hydrogen-bond acceptors (Lipinski definition) is 5. The highest BCUT2D eigenvalue weighted by Gasteiger charge is 2.19. The molecule has 5 heteroatoms. The van der Waals surface area contributed by atoms with E-state index >= 15 is 0 Å². The number of fused-ring (bicyclic) bond motifs is 9. The van der Waals surface area contributed by atoms with Crippen LogP contribution < -0.4 is 0 Å². The zero-order valence-corrected chi connectivity index (χ0v) is 28.4. The number of para-hydroxylation sites is 2. The molecule has 0 bridgehead atoms. The minimum atomic E-state index is 0.573. The van der Waals surface area contributed by atoms with E-state index in [1.807, 2.05) is 54.7 Å². The highest BCUT2D eigenvalue weighted by atomic mass is 16.3. The van der Waals surface area contributed by atoms with Crippen molar-refractivity contribution in [1.82, 2.24) is 19.9 Å². The van der Waals surface area contributed by atoms with E-state index in [2.05, 4.69) is 115 Å². The summed E-state index contributed by atoms with van der Waals surface area (Å²) in [7, 11) is 0. The molecule has 0 saturated heterocycles. The Kier molecular flexibility index (Phi) is 6.48. The minimum absolute atomic E-state index is 0.573. The van der Waals surface area contributed by atoms with Crippen LogP contribution in [0.2, 0.25) is 0 Å². The van der Waals surface area contributed by atoms with Gasteiger partial charge in [-0.25, -0.2) is 15.0 Å². The summed E-state index contributed by atoms with van der Waals surface area (Å²) >= 11 is 0. The first-order valence-electron chi connectivity index (χ1n) is 17.7. The van der Waals surface area contributed by atoms with Crippen LogP contribution in [-0.2, 0) is 0 Å². The van der Waals surface area contributed by atoms with E-state index in [0.29, 0.717) is 17.5 Å². The van der Waals surface area contributed by atoms with Crippen molar-refractivity contribution in [2.24, 2.45) is 0 Å².